The molecule has 1 amide bonds. The highest BCUT2D eigenvalue weighted by Crippen LogP contribution is 2.28. The minimum atomic E-state index is -0.187. The summed E-state index contributed by atoms with van der Waals surface area (Å²) in [6.45, 7) is 3.90. The molecule has 0 aliphatic carbocycles. The average Bonchev–Trinajstić information content (AvgIpc) is 3.24. The normalized spacial score (nSPS) is 14.9. The van der Waals surface area contributed by atoms with Crippen LogP contribution in [-0.2, 0) is 13.1 Å². The molecule has 0 atom stereocenters. The number of carbonyl (C=O) groups is 1. The lowest BCUT2D eigenvalue weighted by molar-refractivity contribution is 0.0925. The van der Waals surface area contributed by atoms with Gasteiger partial charge in [-0.2, -0.15) is 0 Å². The van der Waals surface area contributed by atoms with Gasteiger partial charge in [0.15, 0.2) is 5.76 Å². The number of likely N-dealkylation sites (tertiary alicyclic amines) is 1. The molecule has 1 N–H and O–H groups in total. The number of fused-ring (bicyclic) bond motifs is 3. The molecule has 1 aliphatic heterocycles. The van der Waals surface area contributed by atoms with E-state index in [4.69, 9.17) is 4.42 Å². The van der Waals surface area contributed by atoms with E-state index in [9.17, 15) is 4.79 Å². The van der Waals surface area contributed by atoms with Gasteiger partial charge in [0.25, 0.3) is 5.91 Å². The molecule has 0 radical (unpaired) electrons. The van der Waals surface area contributed by atoms with Crippen molar-refractivity contribution in [1.82, 2.24) is 10.2 Å². The van der Waals surface area contributed by atoms with Crippen LogP contribution >= 0.6 is 0 Å². The SMILES string of the molecule is O=C(NCc1ccc(CN2CCCCC2)cc1)c1cc2c(ccc3ccccc32)o1. The largest absolute Gasteiger partial charge is 0.451 e. The van der Waals surface area contributed by atoms with E-state index in [1.54, 1.807) is 0 Å². The van der Waals surface area contributed by atoms with Crippen LogP contribution in [0.1, 0.15) is 40.9 Å². The molecule has 1 fully saturated rings. The molecule has 0 bridgehead atoms. The Bertz CT molecular complexity index is 1170. The van der Waals surface area contributed by atoms with Crippen LogP contribution in [-0.4, -0.2) is 23.9 Å². The average molecular weight is 399 g/mol. The number of rotatable bonds is 5. The first-order chi connectivity index (χ1) is 14.8. The van der Waals surface area contributed by atoms with E-state index in [0.29, 0.717) is 12.3 Å². The maximum atomic E-state index is 12.6. The molecule has 5 rings (SSSR count). The van der Waals surface area contributed by atoms with Gasteiger partial charge in [-0.1, -0.05) is 61.0 Å². The van der Waals surface area contributed by atoms with E-state index >= 15 is 0 Å². The number of carbonyl (C=O) groups excluding carboxylic acids is 1. The van der Waals surface area contributed by atoms with Gasteiger partial charge in [-0.05, 0) is 60.0 Å². The highest BCUT2D eigenvalue weighted by Gasteiger charge is 2.14. The van der Waals surface area contributed by atoms with Crippen molar-refractivity contribution in [3.63, 3.8) is 0 Å². The Morgan fingerprint density at radius 1 is 0.867 bits per heavy atom. The standard InChI is InChI=1S/C26H26N2O2/c29-26(25-16-23-22-7-3-2-6-21(22)12-13-24(23)30-25)27-17-19-8-10-20(11-9-19)18-28-14-4-1-5-15-28/h2-3,6-13,16H,1,4-5,14-15,17-18H2,(H,27,29). The first kappa shape index (κ1) is 18.9. The second kappa shape index (κ2) is 8.33. The summed E-state index contributed by atoms with van der Waals surface area (Å²) < 4.78 is 5.81. The summed E-state index contributed by atoms with van der Waals surface area (Å²) >= 11 is 0. The predicted molar refractivity (Wildman–Crippen MR) is 120 cm³/mol. The zero-order valence-electron chi connectivity index (χ0n) is 17.1. The summed E-state index contributed by atoms with van der Waals surface area (Å²) in [6.07, 6.45) is 3.97. The molecular formula is C26H26N2O2. The number of hydrogen-bond donors (Lipinski definition) is 1. The van der Waals surface area contributed by atoms with Crippen LogP contribution in [0, 0.1) is 0 Å². The zero-order valence-corrected chi connectivity index (χ0v) is 17.1. The third kappa shape index (κ3) is 3.96. The van der Waals surface area contributed by atoms with Gasteiger partial charge in [0.05, 0.1) is 0 Å². The minimum Gasteiger partial charge on any atom is -0.451 e. The number of hydrogen-bond acceptors (Lipinski definition) is 3. The molecule has 4 heteroatoms. The van der Waals surface area contributed by atoms with Crippen molar-refractivity contribution >= 4 is 27.6 Å². The van der Waals surface area contributed by atoms with Crippen LogP contribution in [0.25, 0.3) is 21.7 Å². The van der Waals surface area contributed by atoms with E-state index < -0.39 is 0 Å². The van der Waals surface area contributed by atoms with Gasteiger partial charge in [-0.3, -0.25) is 9.69 Å². The topological polar surface area (TPSA) is 45.5 Å². The summed E-state index contributed by atoms with van der Waals surface area (Å²) in [7, 11) is 0. The number of furan rings is 1. The number of benzene rings is 3. The third-order valence-electron chi connectivity index (χ3n) is 5.98. The van der Waals surface area contributed by atoms with Crippen molar-refractivity contribution in [2.75, 3.05) is 13.1 Å². The quantitative estimate of drug-likeness (QED) is 0.483. The highest BCUT2D eigenvalue weighted by atomic mass is 16.3. The van der Waals surface area contributed by atoms with E-state index in [-0.39, 0.29) is 5.91 Å². The van der Waals surface area contributed by atoms with Crippen LogP contribution < -0.4 is 5.32 Å². The summed E-state index contributed by atoms with van der Waals surface area (Å²) in [5.74, 6) is 0.163. The minimum absolute atomic E-state index is 0.187. The Morgan fingerprint density at radius 3 is 2.47 bits per heavy atom. The molecule has 0 unspecified atom stereocenters. The molecule has 2 heterocycles. The Hall–Kier alpha value is -3.11. The van der Waals surface area contributed by atoms with Crippen molar-refractivity contribution in [3.05, 3.63) is 83.6 Å². The molecule has 152 valence electrons. The van der Waals surface area contributed by atoms with Crippen molar-refractivity contribution in [3.8, 4) is 0 Å². The number of piperidine rings is 1. The van der Waals surface area contributed by atoms with Crippen LogP contribution in [0.4, 0.5) is 0 Å². The van der Waals surface area contributed by atoms with Crippen LogP contribution in [0.2, 0.25) is 0 Å². The van der Waals surface area contributed by atoms with Crippen molar-refractivity contribution in [2.45, 2.75) is 32.4 Å². The fourth-order valence-electron chi connectivity index (χ4n) is 4.31. The van der Waals surface area contributed by atoms with Gasteiger partial charge in [0.2, 0.25) is 0 Å². The summed E-state index contributed by atoms with van der Waals surface area (Å²) in [6, 6.07) is 22.5. The van der Waals surface area contributed by atoms with E-state index in [1.807, 2.05) is 30.3 Å². The van der Waals surface area contributed by atoms with E-state index in [2.05, 4.69) is 46.6 Å². The third-order valence-corrected chi connectivity index (χ3v) is 5.98. The zero-order chi connectivity index (χ0) is 20.3. The van der Waals surface area contributed by atoms with Crippen LogP contribution in [0.15, 0.2) is 71.1 Å². The fraction of sp³-hybridized carbons (Fsp3) is 0.269. The van der Waals surface area contributed by atoms with E-state index in [1.165, 1.54) is 37.9 Å². The number of amides is 1. The molecule has 1 aromatic heterocycles. The monoisotopic (exact) mass is 398 g/mol. The lowest BCUT2D eigenvalue weighted by atomic mass is 10.1. The van der Waals surface area contributed by atoms with Gasteiger partial charge in [0.1, 0.15) is 5.58 Å². The predicted octanol–water partition coefficient (Wildman–Crippen LogP) is 5.50. The first-order valence-corrected chi connectivity index (χ1v) is 10.8. The summed E-state index contributed by atoms with van der Waals surface area (Å²) in [4.78, 5) is 15.2. The fourth-order valence-corrected chi connectivity index (χ4v) is 4.31. The molecule has 4 aromatic rings. The maximum Gasteiger partial charge on any atom is 0.287 e. The Labute approximate surface area is 176 Å². The second-order valence-electron chi connectivity index (χ2n) is 8.15. The van der Waals surface area contributed by atoms with Gasteiger partial charge in [-0.25, -0.2) is 0 Å². The summed E-state index contributed by atoms with van der Waals surface area (Å²) in [5.41, 5.74) is 3.16. The smallest absolute Gasteiger partial charge is 0.287 e. The van der Waals surface area contributed by atoms with Gasteiger partial charge in [0, 0.05) is 18.5 Å². The van der Waals surface area contributed by atoms with Crippen molar-refractivity contribution in [2.24, 2.45) is 0 Å². The van der Waals surface area contributed by atoms with Gasteiger partial charge in [-0.15, -0.1) is 0 Å². The van der Waals surface area contributed by atoms with Gasteiger partial charge < -0.3 is 9.73 Å². The molecule has 1 aliphatic rings. The Morgan fingerprint density at radius 2 is 1.63 bits per heavy atom. The number of nitrogens with zero attached hydrogens (tertiary/aromatic N) is 1. The second-order valence-corrected chi connectivity index (χ2v) is 8.15. The Balaban J connectivity index is 1.24. The molecule has 30 heavy (non-hydrogen) atoms. The lowest BCUT2D eigenvalue weighted by Gasteiger charge is -2.26. The van der Waals surface area contributed by atoms with Crippen molar-refractivity contribution in [1.29, 1.82) is 0 Å². The lowest BCUT2D eigenvalue weighted by Crippen LogP contribution is -2.29. The molecule has 0 saturated carbocycles. The van der Waals surface area contributed by atoms with Crippen LogP contribution in [0.5, 0.6) is 0 Å². The molecule has 3 aromatic carbocycles. The maximum absolute atomic E-state index is 12.6. The summed E-state index contributed by atoms with van der Waals surface area (Å²) in [5, 5.41) is 6.19. The van der Waals surface area contributed by atoms with Gasteiger partial charge >= 0.3 is 0 Å². The molecule has 4 nitrogen and oxygen atoms in total. The van der Waals surface area contributed by atoms with Crippen molar-refractivity contribution < 1.29 is 9.21 Å². The Kier molecular flexibility index (Phi) is 5.24. The molecule has 1 saturated heterocycles. The highest BCUT2D eigenvalue weighted by molar-refractivity contribution is 6.08. The number of nitrogens with one attached hydrogen (secondary N) is 1. The molecular weight excluding hydrogens is 372 g/mol. The molecule has 0 spiro atoms. The van der Waals surface area contributed by atoms with Crippen LogP contribution in [0.3, 0.4) is 0 Å². The first-order valence-electron chi connectivity index (χ1n) is 10.8. The van der Waals surface area contributed by atoms with E-state index in [0.717, 1.165) is 33.8 Å².